The van der Waals surface area contributed by atoms with Gasteiger partial charge in [-0.3, -0.25) is 9.78 Å². The average Bonchev–Trinajstić information content (AvgIpc) is 2.63. The molecule has 0 aliphatic rings. The van der Waals surface area contributed by atoms with Crippen LogP contribution in [-0.2, 0) is 0 Å². The molecule has 0 N–H and O–H groups in total. The number of carbonyl (C=O) groups is 1. The number of ether oxygens (including phenoxy) is 1. The first-order valence-corrected chi connectivity index (χ1v) is 9.17. The highest BCUT2D eigenvalue weighted by molar-refractivity contribution is 9.09. The second-order valence-corrected chi connectivity index (χ2v) is 6.46. The lowest BCUT2D eigenvalue weighted by atomic mass is 10.1. The number of rotatable bonds is 5. The maximum atomic E-state index is 11.8. The quantitative estimate of drug-likeness (QED) is 0.374. The topological polar surface area (TPSA) is 39.2 Å². The van der Waals surface area contributed by atoms with Crippen LogP contribution in [0.2, 0.25) is 5.02 Å². The van der Waals surface area contributed by atoms with E-state index < -0.39 is 0 Å². The molecule has 3 aromatic rings. The number of pyridine rings is 1. The lowest BCUT2D eigenvalue weighted by Crippen LogP contribution is -2.04. The van der Waals surface area contributed by atoms with Crippen LogP contribution in [0.25, 0.3) is 11.3 Å². The van der Waals surface area contributed by atoms with Crippen LogP contribution in [0.4, 0.5) is 0 Å². The first-order chi connectivity index (χ1) is 12.1. The van der Waals surface area contributed by atoms with Gasteiger partial charge < -0.3 is 4.74 Å². The van der Waals surface area contributed by atoms with Crippen LogP contribution < -0.4 is 4.74 Å². The van der Waals surface area contributed by atoms with Crippen molar-refractivity contribution in [3.8, 4) is 22.8 Å². The van der Waals surface area contributed by atoms with E-state index in [1.54, 1.807) is 12.1 Å². The third-order valence-corrected chi connectivity index (χ3v) is 4.47. The normalized spacial score (nSPS) is 10.5. The van der Waals surface area contributed by atoms with Crippen LogP contribution in [-0.4, -0.2) is 16.1 Å². The molecule has 0 bridgehead atoms. The second-order valence-electron chi connectivity index (χ2n) is 5.47. The average molecular weight is 417 g/mol. The van der Waals surface area contributed by atoms with Crippen molar-refractivity contribution in [3.63, 3.8) is 0 Å². The smallest absolute Gasteiger partial charge is 0.175 e. The van der Waals surface area contributed by atoms with Crippen LogP contribution in [0, 0.1) is 6.92 Å². The predicted octanol–water partition coefficient (Wildman–Crippen LogP) is 6.08. The van der Waals surface area contributed by atoms with Gasteiger partial charge in [0.15, 0.2) is 5.78 Å². The summed E-state index contributed by atoms with van der Waals surface area (Å²) in [6, 6.07) is 18.6. The molecule has 0 saturated carbocycles. The maximum Gasteiger partial charge on any atom is 0.175 e. The molecule has 1 heterocycles. The van der Waals surface area contributed by atoms with Crippen LogP contribution in [0.5, 0.6) is 11.5 Å². The number of aryl methyl sites for hydroxylation is 1. The van der Waals surface area contributed by atoms with Gasteiger partial charge in [-0.1, -0.05) is 27.5 Å². The molecule has 0 aliphatic heterocycles. The zero-order valence-electron chi connectivity index (χ0n) is 13.5. The number of halogens is 2. The van der Waals surface area contributed by atoms with Gasteiger partial charge in [0.1, 0.15) is 11.5 Å². The molecule has 0 spiro atoms. The van der Waals surface area contributed by atoms with E-state index in [9.17, 15) is 4.79 Å². The molecule has 2 aromatic carbocycles. The highest BCUT2D eigenvalue weighted by atomic mass is 79.9. The van der Waals surface area contributed by atoms with Crippen LogP contribution in [0.1, 0.15) is 16.1 Å². The zero-order valence-corrected chi connectivity index (χ0v) is 15.8. The van der Waals surface area contributed by atoms with Gasteiger partial charge in [0.25, 0.3) is 0 Å². The standard InChI is InChI=1S/C20H15BrClNO2/c1-13-18(20(24)12-21)10-11-19(23-13)14-2-6-16(7-3-14)25-17-8-4-15(22)5-9-17/h2-11H,12H2,1H3. The SMILES string of the molecule is Cc1nc(-c2ccc(Oc3ccc(Cl)cc3)cc2)ccc1C(=O)CBr. The van der Waals surface area contributed by atoms with E-state index in [2.05, 4.69) is 20.9 Å². The van der Waals surface area contributed by atoms with E-state index in [-0.39, 0.29) is 5.78 Å². The van der Waals surface area contributed by atoms with Crippen molar-refractivity contribution in [2.45, 2.75) is 6.92 Å². The Kier molecular flexibility index (Phi) is 5.51. The zero-order chi connectivity index (χ0) is 17.8. The Balaban J connectivity index is 1.79. The van der Waals surface area contributed by atoms with Gasteiger partial charge in [0.05, 0.1) is 11.0 Å². The molecule has 0 saturated heterocycles. The van der Waals surface area contributed by atoms with E-state index in [1.807, 2.05) is 55.5 Å². The third-order valence-electron chi connectivity index (χ3n) is 3.71. The van der Waals surface area contributed by atoms with Gasteiger partial charge >= 0.3 is 0 Å². The molecule has 0 radical (unpaired) electrons. The molecule has 3 nitrogen and oxygen atoms in total. The number of nitrogens with zero attached hydrogens (tertiary/aromatic N) is 1. The molecule has 1 aromatic heterocycles. The van der Waals surface area contributed by atoms with Gasteiger partial charge in [-0.15, -0.1) is 0 Å². The van der Waals surface area contributed by atoms with Crippen LogP contribution in [0.15, 0.2) is 60.7 Å². The van der Waals surface area contributed by atoms with E-state index in [4.69, 9.17) is 16.3 Å². The Bertz CT molecular complexity index is 893. The molecule has 0 unspecified atom stereocenters. The molecular weight excluding hydrogens is 402 g/mol. The Morgan fingerprint density at radius 3 is 2.16 bits per heavy atom. The summed E-state index contributed by atoms with van der Waals surface area (Å²) in [6.45, 7) is 1.84. The Morgan fingerprint density at radius 1 is 1.00 bits per heavy atom. The minimum atomic E-state index is 0.0308. The molecule has 0 aliphatic carbocycles. The summed E-state index contributed by atoms with van der Waals surface area (Å²) in [5.74, 6) is 1.49. The Morgan fingerprint density at radius 2 is 1.60 bits per heavy atom. The van der Waals surface area contributed by atoms with Crippen molar-refractivity contribution in [3.05, 3.63) is 76.9 Å². The Hall–Kier alpha value is -2.17. The largest absolute Gasteiger partial charge is 0.457 e. The highest BCUT2D eigenvalue weighted by Gasteiger charge is 2.10. The molecule has 0 atom stereocenters. The molecule has 0 fully saturated rings. The Labute approximate surface area is 159 Å². The third kappa shape index (κ3) is 4.27. The monoisotopic (exact) mass is 415 g/mol. The maximum absolute atomic E-state index is 11.8. The van der Waals surface area contributed by atoms with Gasteiger partial charge in [-0.25, -0.2) is 0 Å². The summed E-state index contributed by atoms with van der Waals surface area (Å²) < 4.78 is 5.78. The summed E-state index contributed by atoms with van der Waals surface area (Å²) >= 11 is 9.06. The van der Waals surface area contributed by atoms with Crippen molar-refractivity contribution in [1.29, 1.82) is 0 Å². The summed E-state index contributed by atoms with van der Waals surface area (Å²) in [7, 11) is 0. The van der Waals surface area contributed by atoms with Gasteiger partial charge in [-0.2, -0.15) is 0 Å². The number of ketones is 1. The number of hydrogen-bond acceptors (Lipinski definition) is 3. The molecular formula is C20H15BrClNO2. The van der Waals surface area contributed by atoms with Gasteiger partial charge in [0, 0.05) is 21.8 Å². The van der Waals surface area contributed by atoms with Crippen molar-refractivity contribution >= 4 is 33.3 Å². The molecule has 126 valence electrons. The van der Waals surface area contributed by atoms with Gasteiger partial charge in [-0.05, 0) is 67.6 Å². The minimum Gasteiger partial charge on any atom is -0.457 e. The van der Waals surface area contributed by atoms with Crippen molar-refractivity contribution < 1.29 is 9.53 Å². The fourth-order valence-corrected chi connectivity index (χ4v) is 2.85. The summed E-state index contributed by atoms with van der Waals surface area (Å²) in [5.41, 5.74) is 3.15. The van der Waals surface area contributed by atoms with Crippen molar-refractivity contribution in [2.24, 2.45) is 0 Å². The number of Topliss-reactive ketones (excluding diaryl/α,β-unsaturated/α-hetero) is 1. The lowest BCUT2D eigenvalue weighted by molar-refractivity contribution is 0.102. The molecule has 3 rings (SSSR count). The highest BCUT2D eigenvalue weighted by Crippen LogP contribution is 2.26. The second kappa shape index (κ2) is 7.81. The van der Waals surface area contributed by atoms with E-state index in [1.165, 1.54) is 0 Å². The lowest BCUT2D eigenvalue weighted by Gasteiger charge is -2.08. The van der Waals surface area contributed by atoms with E-state index in [0.717, 1.165) is 28.5 Å². The minimum absolute atomic E-state index is 0.0308. The number of carbonyl (C=O) groups excluding carboxylic acids is 1. The summed E-state index contributed by atoms with van der Waals surface area (Å²) in [4.78, 5) is 16.3. The van der Waals surface area contributed by atoms with Gasteiger partial charge in [0.2, 0.25) is 0 Å². The summed E-state index contributed by atoms with van der Waals surface area (Å²) in [6.07, 6.45) is 0. The first kappa shape index (κ1) is 17.6. The van der Waals surface area contributed by atoms with E-state index >= 15 is 0 Å². The van der Waals surface area contributed by atoms with Crippen LogP contribution in [0.3, 0.4) is 0 Å². The molecule has 5 heteroatoms. The fourth-order valence-electron chi connectivity index (χ4n) is 2.42. The van der Waals surface area contributed by atoms with E-state index in [0.29, 0.717) is 15.9 Å². The number of benzene rings is 2. The van der Waals surface area contributed by atoms with Crippen LogP contribution >= 0.6 is 27.5 Å². The number of alkyl halides is 1. The van der Waals surface area contributed by atoms with Crippen molar-refractivity contribution in [1.82, 2.24) is 4.98 Å². The number of aromatic nitrogens is 1. The fraction of sp³-hybridized carbons (Fsp3) is 0.100. The molecule has 0 amide bonds. The molecule has 25 heavy (non-hydrogen) atoms. The first-order valence-electron chi connectivity index (χ1n) is 7.67. The summed E-state index contributed by atoms with van der Waals surface area (Å²) in [5, 5.41) is 0.969. The van der Waals surface area contributed by atoms with Crippen molar-refractivity contribution in [2.75, 3.05) is 5.33 Å². The number of hydrogen-bond donors (Lipinski definition) is 0. The predicted molar refractivity (Wildman–Crippen MR) is 104 cm³/mol.